The number of fused-ring (bicyclic) bond motifs is 1. The summed E-state index contributed by atoms with van der Waals surface area (Å²) >= 11 is 6.26. The smallest absolute Gasteiger partial charge is 0.336 e. The number of rotatable bonds is 6. The van der Waals surface area contributed by atoms with Crippen LogP contribution in [0.5, 0.6) is 5.75 Å². The molecule has 0 radical (unpaired) electrons. The summed E-state index contributed by atoms with van der Waals surface area (Å²) in [4.78, 5) is 16.2. The lowest BCUT2D eigenvalue weighted by atomic mass is 10.1. The average Bonchev–Trinajstić information content (AvgIpc) is 2.73. The number of hydrogen-bond donors (Lipinski definition) is 0. The van der Waals surface area contributed by atoms with Crippen LogP contribution < -0.4 is 15.3 Å². The van der Waals surface area contributed by atoms with Gasteiger partial charge in [-0.15, -0.1) is 12.4 Å². The first-order valence-electron chi connectivity index (χ1n) is 9.99. The number of anilines is 1. The largest absolute Gasteiger partial charge is 0.493 e. The number of benzene rings is 2. The number of ether oxygens (including phenoxy) is 1. The second-order valence-electron chi connectivity index (χ2n) is 7.37. The quantitative estimate of drug-likeness (QED) is 0.401. The van der Waals surface area contributed by atoms with Gasteiger partial charge in [0.05, 0.1) is 6.61 Å². The zero-order chi connectivity index (χ0) is 20.2. The third-order valence-electron chi connectivity index (χ3n) is 5.43. The molecule has 1 aromatic heterocycles. The van der Waals surface area contributed by atoms with Gasteiger partial charge in [0.1, 0.15) is 11.3 Å². The molecule has 7 heteroatoms. The van der Waals surface area contributed by atoms with Gasteiger partial charge in [0.15, 0.2) is 0 Å². The van der Waals surface area contributed by atoms with Crippen molar-refractivity contribution in [2.24, 2.45) is 0 Å². The van der Waals surface area contributed by atoms with Crippen LogP contribution in [0.4, 0.5) is 5.69 Å². The molecule has 3 aromatic rings. The van der Waals surface area contributed by atoms with E-state index in [1.165, 1.54) is 11.8 Å². The highest BCUT2D eigenvalue weighted by Gasteiger charge is 2.18. The van der Waals surface area contributed by atoms with Crippen LogP contribution in [0.15, 0.2) is 57.7 Å². The normalized spacial score (nSPS) is 14.5. The highest BCUT2D eigenvalue weighted by Crippen LogP contribution is 2.27. The highest BCUT2D eigenvalue weighted by atomic mass is 35.5. The standard InChI is InChI=1S/C23H25ClN2O3.ClH/c1-17-20(24)4-2-5-21(17)26-13-11-25(12-14-26)10-3-15-28-19-8-6-18-7-9-23(27)29-22(18)16-19;/h2,4-9,16H,3,10-15H2,1H3;1H. The van der Waals surface area contributed by atoms with E-state index in [1.807, 2.05) is 24.3 Å². The van der Waals surface area contributed by atoms with Gasteiger partial charge < -0.3 is 14.1 Å². The van der Waals surface area contributed by atoms with Gasteiger partial charge >= 0.3 is 5.63 Å². The Morgan fingerprint density at radius 3 is 2.63 bits per heavy atom. The molecule has 1 aliphatic heterocycles. The summed E-state index contributed by atoms with van der Waals surface area (Å²) in [5.41, 5.74) is 2.61. The minimum absolute atomic E-state index is 0. The molecule has 1 saturated heterocycles. The van der Waals surface area contributed by atoms with Crippen LogP contribution in [-0.4, -0.2) is 44.2 Å². The van der Waals surface area contributed by atoms with Crippen molar-refractivity contribution in [1.29, 1.82) is 0 Å². The van der Waals surface area contributed by atoms with E-state index in [9.17, 15) is 4.79 Å². The first-order chi connectivity index (χ1) is 14.1. The molecule has 0 saturated carbocycles. The highest BCUT2D eigenvalue weighted by molar-refractivity contribution is 6.31. The van der Waals surface area contributed by atoms with Crippen molar-refractivity contribution < 1.29 is 9.15 Å². The predicted molar refractivity (Wildman–Crippen MR) is 125 cm³/mol. The maximum Gasteiger partial charge on any atom is 0.336 e. The van der Waals surface area contributed by atoms with E-state index in [0.29, 0.717) is 12.2 Å². The minimum Gasteiger partial charge on any atom is -0.493 e. The summed E-state index contributed by atoms with van der Waals surface area (Å²) in [6.07, 6.45) is 0.951. The van der Waals surface area contributed by atoms with Gasteiger partial charge in [0, 0.05) is 61.0 Å². The van der Waals surface area contributed by atoms with Crippen LogP contribution in [0, 0.1) is 6.92 Å². The van der Waals surface area contributed by atoms with E-state index in [4.69, 9.17) is 20.8 Å². The van der Waals surface area contributed by atoms with Gasteiger partial charge in [0.25, 0.3) is 0 Å². The predicted octanol–water partition coefficient (Wildman–Crippen LogP) is 4.77. The molecule has 2 aromatic carbocycles. The molecule has 0 aliphatic carbocycles. The molecule has 0 bridgehead atoms. The molecule has 0 N–H and O–H groups in total. The Hall–Kier alpha value is -2.21. The Bertz CT molecular complexity index is 1050. The van der Waals surface area contributed by atoms with Crippen LogP contribution in [0.25, 0.3) is 11.0 Å². The molecule has 0 unspecified atom stereocenters. The Balaban J connectivity index is 0.00000256. The third kappa shape index (κ3) is 5.28. The van der Waals surface area contributed by atoms with Gasteiger partial charge in [-0.3, -0.25) is 4.90 Å². The summed E-state index contributed by atoms with van der Waals surface area (Å²) in [5.74, 6) is 0.730. The molecule has 5 nitrogen and oxygen atoms in total. The Labute approximate surface area is 187 Å². The second kappa shape index (κ2) is 10.2. The second-order valence-corrected chi connectivity index (χ2v) is 7.78. The summed E-state index contributed by atoms with van der Waals surface area (Å²) in [7, 11) is 0. The maximum atomic E-state index is 11.4. The zero-order valence-electron chi connectivity index (χ0n) is 17.0. The summed E-state index contributed by atoms with van der Waals surface area (Å²) in [6.45, 7) is 7.80. The SMILES string of the molecule is Cc1c(Cl)cccc1N1CCN(CCCOc2ccc3ccc(=O)oc3c2)CC1.Cl. The topological polar surface area (TPSA) is 45.9 Å². The molecule has 160 valence electrons. The number of nitrogens with zero attached hydrogens (tertiary/aromatic N) is 2. The van der Waals surface area contributed by atoms with Crippen molar-refractivity contribution in [2.75, 3.05) is 44.2 Å². The minimum atomic E-state index is -0.346. The third-order valence-corrected chi connectivity index (χ3v) is 5.84. The average molecular weight is 449 g/mol. The van der Waals surface area contributed by atoms with Crippen molar-refractivity contribution in [3.05, 3.63) is 69.5 Å². The number of hydrogen-bond acceptors (Lipinski definition) is 5. The van der Waals surface area contributed by atoms with Gasteiger partial charge in [0.2, 0.25) is 0 Å². The molecule has 0 atom stereocenters. The van der Waals surface area contributed by atoms with Crippen LogP contribution in [0.3, 0.4) is 0 Å². The molecule has 1 fully saturated rings. The van der Waals surface area contributed by atoms with Crippen molar-refractivity contribution in [3.8, 4) is 5.75 Å². The van der Waals surface area contributed by atoms with E-state index in [-0.39, 0.29) is 18.0 Å². The van der Waals surface area contributed by atoms with Crippen molar-refractivity contribution in [1.82, 2.24) is 4.90 Å². The van der Waals surface area contributed by atoms with Crippen LogP contribution in [-0.2, 0) is 0 Å². The fraction of sp³-hybridized carbons (Fsp3) is 0.348. The molecule has 2 heterocycles. The van der Waals surface area contributed by atoms with Crippen molar-refractivity contribution in [2.45, 2.75) is 13.3 Å². The van der Waals surface area contributed by atoms with Crippen molar-refractivity contribution >= 4 is 40.7 Å². The lowest BCUT2D eigenvalue weighted by Gasteiger charge is -2.37. The van der Waals surface area contributed by atoms with E-state index in [1.54, 1.807) is 12.1 Å². The van der Waals surface area contributed by atoms with E-state index < -0.39 is 0 Å². The van der Waals surface area contributed by atoms with Gasteiger partial charge in [-0.25, -0.2) is 4.79 Å². The van der Waals surface area contributed by atoms with Gasteiger partial charge in [-0.05, 0) is 49.2 Å². The summed E-state index contributed by atoms with van der Waals surface area (Å²) < 4.78 is 11.1. The van der Waals surface area contributed by atoms with Gasteiger partial charge in [-0.2, -0.15) is 0 Å². The lowest BCUT2D eigenvalue weighted by molar-refractivity contribution is 0.224. The van der Waals surface area contributed by atoms with Gasteiger partial charge in [-0.1, -0.05) is 17.7 Å². The Kier molecular flexibility index (Phi) is 7.64. The monoisotopic (exact) mass is 448 g/mol. The van der Waals surface area contributed by atoms with Crippen molar-refractivity contribution in [3.63, 3.8) is 0 Å². The maximum absolute atomic E-state index is 11.4. The van der Waals surface area contributed by atoms with Crippen LogP contribution in [0.2, 0.25) is 5.02 Å². The number of halogens is 2. The molecule has 30 heavy (non-hydrogen) atoms. The molecular formula is C23H26Cl2N2O3. The zero-order valence-corrected chi connectivity index (χ0v) is 18.5. The Morgan fingerprint density at radius 2 is 1.83 bits per heavy atom. The molecule has 0 amide bonds. The van der Waals surface area contributed by atoms with Crippen LogP contribution >= 0.6 is 24.0 Å². The first-order valence-corrected chi connectivity index (χ1v) is 10.4. The van der Waals surface area contributed by atoms with Crippen LogP contribution in [0.1, 0.15) is 12.0 Å². The van der Waals surface area contributed by atoms with E-state index in [2.05, 4.69) is 22.8 Å². The van der Waals surface area contributed by atoms with E-state index in [0.717, 1.165) is 60.9 Å². The molecule has 0 spiro atoms. The molecular weight excluding hydrogens is 423 g/mol. The fourth-order valence-corrected chi connectivity index (χ4v) is 3.93. The summed E-state index contributed by atoms with van der Waals surface area (Å²) in [6, 6.07) is 14.9. The lowest BCUT2D eigenvalue weighted by Crippen LogP contribution is -2.47. The van der Waals surface area contributed by atoms with E-state index >= 15 is 0 Å². The number of piperazine rings is 1. The first kappa shape index (κ1) is 22.5. The molecule has 1 aliphatic rings. The molecule has 4 rings (SSSR count). The Morgan fingerprint density at radius 1 is 1.07 bits per heavy atom. The summed E-state index contributed by atoms with van der Waals surface area (Å²) in [5, 5.41) is 1.72. The fourth-order valence-electron chi connectivity index (χ4n) is 3.76.